The number of hydrogen-bond acceptors (Lipinski definition) is 4. The number of aliphatic hydroxyl groups is 1. The summed E-state index contributed by atoms with van der Waals surface area (Å²) in [5, 5.41) is 12.3. The maximum absolute atomic E-state index is 11.8. The number of sulfone groups is 1. The summed E-state index contributed by atoms with van der Waals surface area (Å²) in [5.41, 5.74) is -0.382. The van der Waals surface area contributed by atoms with Gasteiger partial charge >= 0.3 is 0 Å². The molecular weight excluding hydrogens is 226 g/mol. The fourth-order valence-corrected chi connectivity index (χ4v) is 2.07. The molecule has 98 valence electrons. The molecule has 1 atom stereocenters. The quantitative estimate of drug-likeness (QED) is 0.737. The SMILES string of the molecule is CCC(C)(CO)NCCS(=O)(=O)C(C)(C)C. The third-order valence-corrected chi connectivity index (χ3v) is 5.59. The summed E-state index contributed by atoms with van der Waals surface area (Å²) in [6.45, 7) is 9.34. The largest absolute Gasteiger partial charge is 0.394 e. The van der Waals surface area contributed by atoms with Crippen LogP contribution in [0, 0.1) is 0 Å². The van der Waals surface area contributed by atoms with Gasteiger partial charge in [0.2, 0.25) is 0 Å². The highest BCUT2D eigenvalue weighted by Crippen LogP contribution is 2.16. The summed E-state index contributed by atoms with van der Waals surface area (Å²) in [7, 11) is -3.08. The highest BCUT2D eigenvalue weighted by molar-refractivity contribution is 7.92. The van der Waals surface area contributed by atoms with Crippen LogP contribution in [-0.4, -0.2) is 42.7 Å². The van der Waals surface area contributed by atoms with E-state index in [1.807, 2.05) is 13.8 Å². The fourth-order valence-electron chi connectivity index (χ4n) is 1.09. The van der Waals surface area contributed by atoms with E-state index in [4.69, 9.17) is 5.11 Å². The van der Waals surface area contributed by atoms with E-state index in [1.165, 1.54) is 0 Å². The Kier molecular flexibility index (Phi) is 5.42. The molecular formula is C11H25NO3S. The lowest BCUT2D eigenvalue weighted by Gasteiger charge is -2.28. The molecule has 0 radical (unpaired) electrons. The Hall–Kier alpha value is -0.130. The van der Waals surface area contributed by atoms with E-state index in [-0.39, 0.29) is 17.9 Å². The van der Waals surface area contributed by atoms with Crippen molar-refractivity contribution < 1.29 is 13.5 Å². The van der Waals surface area contributed by atoms with E-state index in [9.17, 15) is 8.42 Å². The van der Waals surface area contributed by atoms with Crippen LogP contribution < -0.4 is 5.32 Å². The van der Waals surface area contributed by atoms with E-state index < -0.39 is 14.6 Å². The van der Waals surface area contributed by atoms with Crippen LogP contribution in [0.1, 0.15) is 41.0 Å². The van der Waals surface area contributed by atoms with Crippen molar-refractivity contribution in [2.75, 3.05) is 18.9 Å². The molecule has 0 amide bonds. The minimum absolute atomic E-state index is 0.0130. The van der Waals surface area contributed by atoms with Crippen LogP contribution in [0.2, 0.25) is 0 Å². The Morgan fingerprint density at radius 3 is 2.00 bits per heavy atom. The molecule has 1 unspecified atom stereocenters. The monoisotopic (exact) mass is 251 g/mol. The molecule has 0 aliphatic carbocycles. The van der Waals surface area contributed by atoms with Gasteiger partial charge in [-0.2, -0.15) is 0 Å². The van der Waals surface area contributed by atoms with E-state index in [0.717, 1.165) is 6.42 Å². The van der Waals surface area contributed by atoms with Crippen molar-refractivity contribution in [3.8, 4) is 0 Å². The molecule has 0 aliphatic rings. The average molecular weight is 251 g/mol. The zero-order valence-corrected chi connectivity index (χ0v) is 11.8. The highest BCUT2D eigenvalue weighted by atomic mass is 32.2. The Morgan fingerprint density at radius 2 is 1.69 bits per heavy atom. The molecule has 2 N–H and O–H groups in total. The van der Waals surface area contributed by atoms with Gasteiger partial charge in [0.15, 0.2) is 9.84 Å². The van der Waals surface area contributed by atoms with E-state index in [1.54, 1.807) is 20.8 Å². The van der Waals surface area contributed by atoms with Crippen LogP contribution in [-0.2, 0) is 9.84 Å². The lowest BCUT2D eigenvalue weighted by atomic mass is 10.0. The lowest BCUT2D eigenvalue weighted by Crippen LogP contribution is -2.48. The first-order chi connectivity index (χ1) is 7.08. The van der Waals surface area contributed by atoms with Gasteiger partial charge < -0.3 is 10.4 Å². The zero-order valence-electron chi connectivity index (χ0n) is 11.0. The molecule has 16 heavy (non-hydrogen) atoms. The summed E-state index contributed by atoms with van der Waals surface area (Å²) in [5.74, 6) is 0.103. The number of hydrogen-bond donors (Lipinski definition) is 2. The van der Waals surface area contributed by atoms with Crippen LogP contribution in [0.4, 0.5) is 0 Å². The van der Waals surface area contributed by atoms with Gasteiger partial charge in [0.1, 0.15) is 0 Å². The first-order valence-electron chi connectivity index (χ1n) is 5.66. The van der Waals surface area contributed by atoms with Crippen molar-refractivity contribution in [1.82, 2.24) is 5.32 Å². The number of rotatable bonds is 6. The van der Waals surface area contributed by atoms with E-state index >= 15 is 0 Å². The number of nitrogens with one attached hydrogen (secondary N) is 1. The Bertz CT molecular complexity index is 300. The predicted octanol–water partition coefficient (Wildman–Crippen LogP) is 0.950. The molecule has 0 bridgehead atoms. The summed E-state index contributed by atoms with van der Waals surface area (Å²) in [6.07, 6.45) is 0.763. The standard InChI is InChI=1S/C11H25NO3S/c1-6-11(5,9-13)12-7-8-16(14,15)10(2,3)4/h12-13H,6-9H2,1-5H3. The Morgan fingerprint density at radius 1 is 1.19 bits per heavy atom. The van der Waals surface area contributed by atoms with Gasteiger partial charge in [0.25, 0.3) is 0 Å². The van der Waals surface area contributed by atoms with E-state index in [0.29, 0.717) is 6.54 Å². The van der Waals surface area contributed by atoms with E-state index in [2.05, 4.69) is 5.32 Å². The average Bonchev–Trinajstić information content (AvgIpc) is 2.15. The van der Waals surface area contributed by atoms with Gasteiger partial charge in [-0.15, -0.1) is 0 Å². The lowest BCUT2D eigenvalue weighted by molar-refractivity contribution is 0.172. The van der Waals surface area contributed by atoms with Crippen molar-refractivity contribution >= 4 is 9.84 Å². The minimum Gasteiger partial charge on any atom is -0.394 e. The molecule has 0 saturated carbocycles. The molecule has 0 aliphatic heterocycles. The van der Waals surface area contributed by atoms with Crippen molar-refractivity contribution in [3.05, 3.63) is 0 Å². The van der Waals surface area contributed by atoms with Gasteiger partial charge in [-0.25, -0.2) is 8.42 Å². The van der Waals surface area contributed by atoms with Crippen LogP contribution in [0.3, 0.4) is 0 Å². The predicted molar refractivity (Wildman–Crippen MR) is 67.3 cm³/mol. The maximum Gasteiger partial charge on any atom is 0.156 e. The van der Waals surface area contributed by atoms with Crippen LogP contribution in [0.5, 0.6) is 0 Å². The van der Waals surface area contributed by atoms with Crippen LogP contribution in [0.15, 0.2) is 0 Å². The normalized spacial score (nSPS) is 17.1. The summed E-state index contributed by atoms with van der Waals surface area (Å²) < 4.78 is 22.9. The van der Waals surface area contributed by atoms with Crippen molar-refractivity contribution in [2.24, 2.45) is 0 Å². The molecule has 0 fully saturated rings. The second kappa shape index (κ2) is 5.47. The Balaban J connectivity index is 4.29. The van der Waals surface area contributed by atoms with Gasteiger partial charge in [0.05, 0.1) is 17.1 Å². The summed E-state index contributed by atoms with van der Waals surface area (Å²) in [6, 6.07) is 0. The van der Waals surface area contributed by atoms with Crippen LogP contribution >= 0.6 is 0 Å². The Labute approximate surface area is 99.4 Å². The van der Waals surface area contributed by atoms with Crippen molar-refractivity contribution in [2.45, 2.75) is 51.3 Å². The summed E-state index contributed by atoms with van der Waals surface area (Å²) >= 11 is 0. The topological polar surface area (TPSA) is 66.4 Å². The first kappa shape index (κ1) is 15.9. The molecule has 0 rings (SSSR count). The molecule has 0 aromatic heterocycles. The maximum atomic E-state index is 11.8. The highest BCUT2D eigenvalue weighted by Gasteiger charge is 2.29. The first-order valence-corrected chi connectivity index (χ1v) is 7.31. The van der Waals surface area contributed by atoms with Crippen molar-refractivity contribution in [1.29, 1.82) is 0 Å². The minimum atomic E-state index is -3.08. The fraction of sp³-hybridized carbons (Fsp3) is 1.00. The third-order valence-electron chi connectivity index (χ3n) is 2.98. The molecule has 5 heteroatoms. The van der Waals surface area contributed by atoms with Gasteiger partial charge in [-0.1, -0.05) is 6.92 Å². The van der Waals surface area contributed by atoms with Gasteiger partial charge in [-0.3, -0.25) is 0 Å². The molecule has 0 heterocycles. The zero-order chi connectivity index (χ0) is 13.0. The molecule has 0 aromatic carbocycles. The second-order valence-electron chi connectivity index (χ2n) is 5.43. The molecule has 4 nitrogen and oxygen atoms in total. The second-order valence-corrected chi connectivity index (χ2v) is 8.29. The van der Waals surface area contributed by atoms with Crippen LogP contribution in [0.25, 0.3) is 0 Å². The van der Waals surface area contributed by atoms with Gasteiger partial charge in [0, 0.05) is 12.1 Å². The van der Waals surface area contributed by atoms with Gasteiger partial charge in [-0.05, 0) is 34.1 Å². The summed E-state index contributed by atoms with van der Waals surface area (Å²) in [4.78, 5) is 0. The molecule has 0 saturated heterocycles. The smallest absolute Gasteiger partial charge is 0.156 e. The third kappa shape index (κ3) is 4.39. The molecule has 0 spiro atoms. The van der Waals surface area contributed by atoms with Crippen molar-refractivity contribution in [3.63, 3.8) is 0 Å². The number of aliphatic hydroxyl groups excluding tert-OH is 1. The molecule has 0 aromatic rings.